The van der Waals surface area contributed by atoms with Crippen LogP contribution in [-0.2, 0) is 14.4 Å². The fourth-order valence-electron chi connectivity index (χ4n) is 5.04. The number of carboxylic acid groups (broad SMARTS) is 1. The predicted molar refractivity (Wildman–Crippen MR) is 145 cm³/mol. The van der Waals surface area contributed by atoms with E-state index in [1.165, 1.54) is 64.2 Å². The van der Waals surface area contributed by atoms with E-state index in [4.69, 9.17) is 21.4 Å². The van der Waals surface area contributed by atoms with Crippen molar-refractivity contribution >= 4 is 52.5 Å². The van der Waals surface area contributed by atoms with Crippen LogP contribution >= 0.6 is 23.4 Å². The minimum atomic E-state index is -0.643. The fraction of sp³-hybridized carbons (Fsp3) is 0.571. The van der Waals surface area contributed by atoms with E-state index in [9.17, 15) is 19.2 Å². The Balaban J connectivity index is 0.000000289. The van der Waals surface area contributed by atoms with E-state index in [0.717, 1.165) is 24.6 Å². The molecule has 2 aliphatic carbocycles. The first-order valence-electron chi connectivity index (χ1n) is 13.3. The second kappa shape index (κ2) is 15.2. The number of halogens is 1. The van der Waals surface area contributed by atoms with Gasteiger partial charge in [-0.2, -0.15) is 0 Å². The smallest absolute Gasteiger partial charge is 0.311 e. The number of benzene rings is 1. The van der Waals surface area contributed by atoms with Crippen molar-refractivity contribution in [2.45, 2.75) is 89.9 Å². The lowest BCUT2D eigenvalue weighted by atomic mass is 9.86. The molecule has 0 radical (unpaired) electrons. The number of hydrogen-bond donors (Lipinski definition) is 2. The highest BCUT2D eigenvalue weighted by Gasteiger charge is 2.25. The average molecular weight is 550 g/mol. The highest BCUT2D eigenvalue weighted by molar-refractivity contribution is 8.18. The van der Waals surface area contributed by atoms with Crippen LogP contribution in [0, 0.1) is 11.8 Å². The summed E-state index contributed by atoms with van der Waals surface area (Å²) in [6, 6.07) is 4.90. The number of nitrogens with one attached hydrogen (secondary N) is 1. The van der Waals surface area contributed by atoms with Gasteiger partial charge in [-0.05, 0) is 60.2 Å². The molecule has 3 aliphatic rings. The Morgan fingerprint density at radius 1 is 0.973 bits per heavy atom. The number of carbonyl (C=O) groups excluding carboxylic acids is 3. The van der Waals surface area contributed by atoms with Gasteiger partial charge in [-0.25, -0.2) is 0 Å². The maximum absolute atomic E-state index is 12.1. The van der Waals surface area contributed by atoms with Crippen molar-refractivity contribution in [3.8, 4) is 5.75 Å². The highest BCUT2D eigenvalue weighted by atomic mass is 35.5. The molecule has 202 valence electrons. The van der Waals surface area contributed by atoms with Crippen LogP contribution in [0.4, 0.5) is 4.79 Å². The second-order valence-corrected chi connectivity index (χ2v) is 11.4. The van der Waals surface area contributed by atoms with Crippen LogP contribution in [0.3, 0.4) is 0 Å². The number of ether oxygens (including phenoxy) is 1. The second-order valence-electron chi connectivity index (χ2n) is 10.00. The van der Waals surface area contributed by atoms with Gasteiger partial charge in [-0.3, -0.25) is 24.5 Å². The van der Waals surface area contributed by atoms with E-state index in [2.05, 4.69) is 5.32 Å². The van der Waals surface area contributed by atoms with Crippen molar-refractivity contribution in [1.29, 1.82) is 0 Å². The lowest BCUT2D eigenvalue weighted by molar-refractivity contribution is -0.137. The van der Waals surface area contributed by atoms with Gasteiger partial charge in [0.1, 0.15) is 5.75 Å². The molecule has 0 atom stereocenters. The van der Waals surface area contributed by atoms with E-state index >= 15 is 0 Å². The first-order valence-corrected chi connectivity index (χ1v) is 14.5. The topological polar surface area (TPSA) is 110 Å². The quantitative estimate of drug-likeness (QED) is 0.198. The van der Waals surface area contributed by atoms with Crippen molar-refractivity contribution in [2.24, 2.45) is 11.8 Å². The van der Waals surface area contributed by atoms with Crippen LogP contribution in [0.25, 0.3) is 6.08 Å². The summed E-state index contributed by atoms with van der Waals surface area (Å²) >= 11 is 7.03. The Hall–Kier alpha value is -2.32. The molecular formula is C28H36ClNO6S. The minimum Gasteiger partial charge on any atom is -0.481 e. The maximum atomic E-state index is 12.1. The monoisotopic (exact) mass is 549 g/mol. The van der Waals surface area contributed by atoms with E-state index in [0.29, 0.717) is 45.9 Å². The summed E-state index contributed by atoms with van der Waals surface area (Å²) in [6.07, 6.45) is 16.8. The molecule has 1 aromatic carbocycles. The molecule has 2 N–H and O–H groups in total. The van der Waals surface area contributed by atoms with Gasteiger partial charge in [-0.1, -0.05) is 81.9 Å². The molecule has 3 fully saturated rings. The van der Waals surface area contributed by atoms with E-state index in [1.807, 2.05) is 0 Å². The van der Waals surface area contributed by atoms with E-state index in [-0.39, 0.29) is 5.97 Å². The van der Waals surface area contributed by atoms with Gasteiger partial charge in [0, 0.05) is 12.8 Å². The average Bonchev–Trinajstić information content (AvgIpc) is 3.21. The summed E-state index contributed by atoms with van der Waals surface area (Å²) in [4.78, 5) is 45.4. The predicted octanol–water partition coefficient (Wildman–Crippen LogP) is 7.36. The van der Waals surface area contributed by atoms with Crippen LogP contribution in [0.1, 0.15) is 95.5 Å². The SMILES string of the molecule is O=C(CCC1CCCCC1)Oc1ccc(/C=C2\SC(=O)NC2=O)cc1Cl.O=C(O)CCC1CCCCC1. The van der Waals surface area contributed by atoms with Crippen LogP contribution < -0.4 is 10.1 Å². The molecule has 1 heterocycles. The number of imide groups is 1. The molecule has 2 amide bonds. The summed E-state index contributed by atoms with van der Waals surface area (Å²) in [6.45, 7) is 0. The molecular weight excluding hydrogens is 514 g/mol. The molecule has 0 unspecified atom stereocenters. The van der Waals surface area contributed by atoms with E-state index < -0.39 is 17.1 Å². The fourth-order valence-corrected chi connectivity index (χ4v) is 5.95. The zero-order valence-electron chi connectivity index (χ0n) is 21.1. The molecule has 1 aromatic rings. The van der Waals surface area contributed by atoms with Gasteiger partial charge in [0.05, 0.1) is 9.93 Å². The Bertz CT molecular complexity index is 998. The number of rotatable bonds is 8. The minimum absolute atomic E-state index is 0.278. The zero-order valence-corrected chi connectivity index (χ0v) is 22.7. The Morgan fingerprint density at radius 2 is 1.57 bits per heavy atom. The number of carbonyl (C=O) groups is 4. The lowest BCUT2D eigenvalue weighted by Crippen LogP contribution is -2.17. The van der Waals surface area contributed by atoms with Gasteiger partial charge >= 0.3 is 11.9 Å². The van der Waals surface area contributed by atoms with Crippen molar-refractivity contribution < 1.29 is 29.0 Å². The third-order valence-electron chi connectivity index (χ3n) is 7.09. The summed E-state index contributed by atoms with van der Waals surface area (Å²) in [7, 11) is 0. The molecule has 0 bridgehead atoms. The van der Waals surface area contributed by atoms with Gasteiger partial charge in [0.2, 0.25) is 0 Å². The van der Waals surface area contributed by atoms with Gasteiger partial charge in [0.15, 0.2) is 0 Å². The molecule has 2 saturated carbocycles. The van der Waals surface area contributed by atoms with Crippen molar-refractivity contribution in [3.63, 3.8) is 0 Å². The molecule has 9 heteroatoms. The number of carboxylic acids is 1. The number of esters is 1. The summed E-state index contributed by atoms with van der Waals surface area (Å²) in [5.74, 6) is 0.297. The molecule has 0 spiro atoms. The Morgan fingerprint density at radius 3 is 2.08 bits per heavy atom. The van der Waals surface area contributed by atoms with Gasteiger partial charge in [-0.15, -0.1) is 0 Å². The molecule has 1 aliphatic heterocycles. The highest BCUT2D eigenvalue weighted by Crippen LogP contribution is 2.31. The van der Waals surface area contributed by atoms with Gasteiger partial charge < -0.3 is 9.84 Å². The van der Waals surface area contributed by atoms with Crippen LogP contribution in [0.15, 0.2) is 23.1 Å². The molecule has 7 nitrogen and oxygen atoms in total. The van der Waals surface area contributed by atoms with Crippen molar-refractivity contribution in [1.82, 2.24) is 5.32 Å². The third kappa shape index (κ3) is 10.5. The number of amides is 2. The number of aliphatic carboxylic acids is 1. The van der Waals surface area contributed by atoms with Crippen molar-refractivity contribution in [3.05, 3.63) is 33.7 Å². The number of hydrogen-bond acceptors (Lipinski definition) is 6. The largest absolute Gasteiger partial charge is 0.481 e. The Labute approximate surface area is 227 Å². The molecule has 1 saturated heterocycles. The summed E-state index contributed by atoms with van der Waals surface area (Å²) in [5, 5.41) is 10.5. The molecule has 4 rings (SSSR count). The third-order valence-corrected chi connectivity index (χ3v) is 8.20. The number of thioether (sulfide) groups is 1. The normalized spacial score (nSPS) is 19.8. The van der Waals surface area contributed by atoms with Crippen molar-refractivity contribution in [2.75, 3.05) is 0 Å². The molecule has 0 aromatic heterocycles. The van der Waals surface area contributed by atoms with Crippen LogP contribution in [0.2, 0.25) is 5.02 Å². The standard InChI is InChI=1S/C19H20ClNO4S.C9H16O2/c20-14-10-13(11-16-18(23)21-19(24)26-16)6-8-15(14)25-17(22)9-7-12-4-2-1-3-5-12;10-9(11)7-6-8-4-2-1-3-5-8/h6,8,10-12H,1-5,7,9H2,(H,21,23,24);8H,1-7H2,(H,10,11)/b16-11-;. The zero-order chi connectivity index (χ0) is 26.6. The maximum Gasteiger partial charge on any atom is 0.311 e. The van der Waals surface area contributed by atoms with Gasteiger partial charge in [0.25, 0.3) is 11.1 Å². The van der Waals surface area contributed by atoms with Crippen LogP contribution in [-0.4, -0.2) is 28.2 Å². The van der Waals surface area contributed by atoms with Crippen LogP contribution in [0.5, 0.6) is 5.75 Å². The van der Waals surface area contributed by atoms with E-state index in [1.54, 1.807) is 24.3 Å². The lowest BCUT2D eigenvalue weighted by Gasteiger charge is -2.20. The first-order chi connectivity index (χ1) is 17.8. The molecule has 37 heavy (non-hydrogen) atoms. The summed E-state index contributed by atoms with van der Waals surface area (Å²) < 4.78 is 5.37. The Kier molecular flexibility index (Phi) is 12.0. The first kappa shape index (κ1) is 29.2. The summed E-state index contributed by atoms with van der Waals surface area (Å²) in [5.41, 5.74) is 0.657.